The maximum atomic E-state index is 12.8. The van der Waals surface area contributed by atoms with E-state index in [4.69, 9.17) is 0 Å². The van der Waals surface area contributed by atoms with Crippen LogP contribution in [0.4, 0.5) is 5.13 Å². The van der Waals surface area contributed by atoms with E-state index < -0.39 is 0 Å². The van der Waals surface area contributed by atoms with Crippen LogP contribution in [0, 0.1) is 0 Å². The van der Waals surface area contributed by atoms with Gasteiger partial charge in [-0.3, -0.25) is 19.3 Å². The molecule has 29 heavy (non-hydrogen) atoms. The van der Waals surface area contributed by atoms with Crippen molar-refractivity contribution < 1.29 is 9.59 Å². The van der Waals surface area contributed by atoms with Gasteiger partial charge in [-0.2, -0.15) is 0 Å². The zero-order valence-corrected chi connectivity index (χ0v) is 16.9. The molecule has 1 aliphatic heterocycles. The summed E-state index contributed by atoms with van der Waals surface area (Å²) in [5, 5.41) is 3.00. The van der Waals surface area contributed by atoms with E-state index in [1.165, 1.54) is 11.3 Å². The Morgan fingerprint density at radius 1 is 1.28 bits per heavy atom. The number of fused-ring (bicyclic) bond motifs is 1. The highest BCUT2D eigenvalue weighted by molar-refractivity contribution is 7.14. The van der Waals surface area contributed by atoms with Crippen LogP contribution in [-0.4, -0.2) is 44.8 Å². The average Bonchev–Trinajstić information content (AvgIpc) is 3.34. The first-order chi connectivity index (χ1) is 14.0. The fourth-order valence-electron chi connectivity index (χ4n) is 3.39. The minimum absolute atomic E-state index is 0.0822. The van der Waals surface area contributed by atoms with E-state index in [1.807, 2.05) is 18.4 Å². The molecule has 1 N–H and O–H groups in total. The SMILES string of the molecule is CCN(Cc1nc2ccccc2c(=O)[nH]1)C(=O)Cc1csc(N2CCCC2=O)n1. The van der Waals surface area contributed by atoms with Crippen LogP contribution in [0.3, 0.4) is 0 Å². The lowest BCUT2D eigenvalue weighted by Crippen LogP contribution is -2.33. The van der Waals surface area contributed by atoms with Crippen molar-refractivity contribution in [2.45, 2.75) is 32.7 Å². The number of anilines is 1. The number of nitrogens with zero attached hydrogens (tertiary/aromatic N) is 4. The molecule has 3 heterocycles. The van der Waals surface area contributed by atoms with E-state index >= 15 is 0 Å². The molecule has 0 atom stereocenters. The summed E-state index contributed by atoms with van der Waals surface area (Å²) >= 11 is 1.38. The first kappa shape index (κ1) is 19.3. The van der Waals surface area contributed by atoms with Gasteiger partial charge in [-0.1, -0.05) is 12.1 Å². The molecule has 4 rings (SSSR count). The molecule has 0 saturated carbocycles. The van der Waals surface area contributed by atoms with Gasteiger partial charge in [-0.25, -0.2) is 9.97 Å². The Morgan fingerprint density at radius 2 is 2.10 bits per heavy atom. The molecule has 8 nitrogen and oxygen atoms in total. The number of aromatic amines is 1. The van der Waals surface area contributed by atoms with E-state index in [-0.39, 0.29) is 30.3 Å². The van der Waals surface area contributed by atoms with Gasteiger partial charge in [0.25, 0.3) is 5.56 Å². The van der Waals surface area contributed by atoms with Crippen molar-refractivity contribution in [3.05, 3.63) is 51.5 Å². The Hall–Kier alpha value is -3.07. The molecule has 1 aliphatic rings. The Morgan fingerprint density at radius 3 is 2.86 bits per heavy atom. The minimum Gasteiger partial charge on any atom is -0.335 e. The number of thiazole rings is 1. The third-order valence-electron chi connectivity index (χ3n) is 4.91. The number of amides is 2. The largest absolute Gasteiger partial charge is 0.335 e. The van der Waals surface area contributed by atoms with Gasteiger partial charge in [0.15, 0.2) is 5.13 Å². The summed E-state index contributed by atoms with van der Waals surface area (Å²) in [6.07, 6.45) is 1.53. The van der Waals surface area contributed by atoms with E-state index in [2.05, 4.69) is 15.0 Å². The number of carbonyl (C=O) groups is 2. The molecule has 150 valence electrons. The molecular formula is C20H21N5O3S. The lowest BCUT2D eigenvalue weighted by molar-refractivity contribution is -0.131. The number of benzene rings is 1. The second kappa shape index (κ2) is 8.12. The van der Waals surface area contributed by atoms with Crippen molar-refractivity contribution in [2.75, 3.05) is 18.0 Å². The number of aromatic nitrogens is 3. The summed E-state index contributed by atoms with van der Waals surface area (Å²) in [7, 11) is 0. The molecule has 1 aromatic carbocycles. The molecule has 9 heteroatoms. The highest BCUT2D eigenvalue weighted by Crippen LogP contribution is 2.25. The van der Waals surface area contributed by atoms with Crippen molar-refractivity contribution in [3.8, 4) is 0 Å². The van der Waals surface area contributed by atoms with Crippen LogP contribution in [0.5, 0.6) is 0 Å². The van der Waals surface area contributed by atoms with Gasteiger partial charge >= 0.3 is 0 Å². The number of hydrogen-bond donors (Lipinski definition) is 1. The molecule has 0 aliphatic carbocycles. The number of hydrogen-bond acceptors (Lipinski definition) is 6. The third kappa shape index (κ3) is 4.04. The van der Waals surface area contributed by atoms with Gasteiger partial charge in [-0.05, 0) is 25.5 Å². The van der Waals surface area contributed by atoms with Crippen molar-refractivity contribution in [1.82, 2.24) is 19.9 Å². The molecule has 1 saturated heterocycles. The fraction of sp³-hybridized carbons (Fsp3) is 0.350. The number of nitrogens with one attached hydrogen (secondary N) is 1. The average molecular weight is 411 g/mol. The fourth-order valence-corrected chi connectivity index (χ4v) is 4.25. The maximum Gasteiger partial charge on any atom is 0.258 e. The first-order valence-corrected chi connectivity index (χ1v) is 10.4. The summed E-state index contributed by atoms with van der Waals surface area (Å²) in [6.45, 7) is 3.27. The number of H-pyrrole nitrogens is 1. The zero-order valence-electron chi connectivity index (χ0n) is 16.1. The standard InChI is InChI=1S/C20H21N5O3S/c1-2-24(11-16-22-15-7-4-3-6-14(15)19(28)23-16)18(27)10-13-12-29-20(21-13)25-9-5-8-17(25)26/h3-4,6-7,12H,2,5,8-11H2,1H3,(H,22,23,28). The minimum atomic E-state index is -0.214. The Kier molecular flexibility index (Phi) is 5.39. The zero-order chi connectivity index (χ0) is 20.4. The molecule has 0 bridgehead atoms. The predicted molar refractivity (Wildman–Crippen MR) is 111 cm³/mol. The number of likely N-dealkylation sites (N-methyl/N-ethyl adjacent to an activating group) is 1. The first-order valence-electron chi connectivity index (χ1n) is 9.55. The maximum absolute atomic E-state index is 12.8. The van der Waals surface area contributed by atoms with Crippen LogP contribution in [0.2, 0.25) is 0 Å². The second-order valence-electron chi connectivity index (χ2n) is 6.88. The molecule has 2 aromatic heterocycles. The van der Waals surface area contributed by atoms with Crippen LogP contribution >= 0.6 is 11.3 Å². The van der Waals surface area contributed by atoms with Gasteiger partial charge in [0.05, 0.1) is 29.6 Å². The molecule has 2 amide bonds. The molecule has 0 radical (unpaired) electrons. The van der Waals surface area contributed by atoms with Crippen LogP contribution in [-0.2, 0) is 22.6 Å². The van der Waals surface area contributed by atoms with E-state index in [9.17, 15) is 14.4 Å². The third-order valence-corrected chi connectivity index (χ3v) is 5.83. The van der Waals surface area contributed by atoms with E-state index in [0.29, 0.717) is 47.1 Å². The lowest BCUT2D eigenvalue weighted by atomic mass is 10.2. The van der Waals surface area contributed by atoms with Crippen molar-refractivity contribution in [3.63, 3.8) is 0 Å². The lowest BCUT2D eigenvalue weighted by Gasteiger charge is -2.20. The monoisotopic (exact) mass is 411 g/mol. The topological polar surface area (TPSA) is 99.3 Å². The van der Waals surface area contributed by atoms with Gasteiger partial charge in [0, 0.05) is 24.9 Å². The number of carbonyl (C=O) groups excluding carboxylic acids is 2. The summed E-state index contributed by atoms with van der Waals surface area (Å²) in [5.41, 5.74) is 1.04. The van der Waals surface area contributed by atoms with Crippen LogP contribution < -0.4 is 10.5 Å². The van der Waals surface area contributed by atoms with Crippen molar-refractivity contribution in [2.24, 2.45) is 0 Å². The second-order valence-corrected chi connectivity index (χ2v) is 7.72. The van der Waals surface area contributed by atoms with E-state index in [0.717, 1.165) is 6.42 Å². The quantitative estimate of drug-likeness (QED) is 0.670. The highest BCUT2D eigenvalue weighted by Gasteiger charge is 2.25. The van der Waals surface area contributed by atoms with Crippen LogP contribution in [0.25, 0.3) is 10.9 Å². The summed E-state index contributed by atoms with van der Waals surface area (Å²) in [4.78, 5) is 51.9. The van der Waals surface area contributed by atoms with Gasteiger partial charge in [0.1, 0.15) is 5.82 Å². The summed E-state index contributed by atoms with van der Waals surface area (Å²) in [5.74, 6) is 0.428. The molecule has 0 unspecified atom stereocenters. The highest BCUT2D eigenvalue weighted by atomic mass is 32.1. The smallest absolute Gasteiger partial charge is 0.258 e. The molecule has 0 spiro atoms. The van der Waals surface area contributed by atoms with Gasteiger partial charge < -0.3 is 9.88 Å². The summed E-state index contributed by atoms with van der Waals surface area (Å²) < 4.78 is 0. The summed E-state index contributed by atoms with van der Waals surface area (Å²) in [6, 6.07) is 7.12. The van der Waals surface area contributed by atoms with Gasteiger partial charge in [0.2, 0.25) is 11.8 Å². The van der Waals surface area contributed by atoms with E-state index in [1.54, 1.807) is 28.0 Å². The number of para-hydroxylation sites is 1. The van der Waals surface area contributed by atoms with Crippen LogP contribution in [0.15, 0.2) is 34.4 Å². The predicted octanol–water partition coefficient (Wildman–Crippen LogP) is 2.10. The normalized spacial score (nSPS) is 14.0. The van der Waals surface area contributed by atoms with Crippen LogP contribution in [0.1, 0.15) is 31.3 Å². The van der Waals surface area contributed by atoms with Crippen molar-refractivity contribution >= 4 is 39.2 Å². The van der Waals surface area contributed by atoms with Gasteiger partial charge in [-0.15, -0.1) is 11.3 Å². The Bertz CT molecular complexity index is 1120. The Labute approximate surface area is 171 Å². The van der Waals surface area contributed by atoms with Crippen molar-refractivity contribution in [1.29, 1.82) is 0 Å². The molecule has 1 fully saturated rings. The number of rotatable bonds is 6. The molecular weight excluding hydrogens is 390 g/mol. The Balaban J connectivity index is 1.47. The molecule has 3 aromatic rings.